The Morgan fingerprint density at radius 3 is 2.33 bits per heavy atom. The number of amides is 2. The van der Waals surface area contributed by atoms with Crippen LogP contribution in [0.3, 0.4) is 0 Å². The Kier molecular flexibility index (Phi) is 5.51. The molecule has 0 fully saturated rings. The molecule has 0 saturated carbocycles. The molecule has 0 spiro atoms. The molecule has 1 atom stereocenters. The number of terminal acetylenes is 1. The lowest BCUT2D eigenvalue weighted by Crippen LogP contribution is -2.40. The molecule has 1 unspecified atom stereocenters. The maximum Gasteiger partial charge on any atom is 0.251 e. The molecule has 0 radical (unpaired) electrons. The number of carbonyl (C=O) groups excluding carboxylic acids is 2. The van der Waals surface area contributed by atoms with Gasteiger partial charge in [0.05, 0.1) is 6.04 Å². The molecule has 0 bridgehead atoms. The molecular weight excluding hydrogens is 266 g/mol. The Morgan fingerprint density at radius 2 is 1.86 bits per heavy atom. The Balaban J connectivity index is 2.69. The van der Waals surface area contributed by atoms with Gasteiger partial charge in [0.2, 0.25) is 5.91 Å². The van der Waals surface area contributed by atoms with E-state index >= 15 is 0 Å². The largest absolute Gasteiger partial charge is 0.347 e. The predicted octanol–water partition coefficient (Wildman–Crippen LogP) is 1.50. The van der Waals surface area contributed by atoms with E-state index in [1.54, 1.807) is 24.3 Å². The van der Waals surface area contributed by atoms with Gasteiger partial charge < -0.3 is 16.4 Å². The fourth-order valence-corrected chi connectivity index (χ4v) is 1.57. The lowest BCUT2D eigenvalue weighted by Gasteiger charge is -2.20. The van der Waals surface area contributed by atoms with E-state index in [4.69, 9.17) is 12.2 Å². The average molecular weight is 287 g/mol. The van der Waals surface area contributed by atoms with E-state index in [0.717, 1.165) is 0 Å². The molecule has 0 aliphatic rings. The summed E-state index contributed by atoms with van der Waals surface area (Å²) >= 11 is 0. The number of nitrogens with one attached hydrogen (secondary N) is 2. The zero-order chi connectivity index (χ0) is 16.0. The van der Waals surface area contributed by atoms with Crippen LogP contribution in [0, 0.1) is 12.3 Å². The van der Waals surface area contributed by atoms with Gasteiger partial charge in [-0.1, -0.05) is 0 Å². The molecule has 2 amide bonds. The van der Waals surface area contributed by atoms with Crippen LogP contribution in [0.4, 0.5) is 5.69 Å². The minimum absolute atomic E-state index is 0.163. The van der Waals surface area contributed by atoms with Gasteiger partial charge in [-0.15, -0.1) is 12.3 Å². The van der Waals surface area contributed by atoms with Gasteiger partial charge in [0.25, 0.3) is 5.91 Å². The first-order valence-electron chi connectivity index (χ1n) is 6.65. The van der Waals surface area contributed by atoms with Crippen LogP contribution in [-0.2, 0) is 4.79 Å². The number of hydrogen-bond acceptors (Lipinski definition) is 3. The van der Waals surface area contributed by atoms with Crippen LogP contribution < -0.4 is 16.4 Å². The van der Waals surface area contributed by atoms with Gasteiger partial charge in [-0.2, -0.15) is 0 Å². The third-order valence-corrected chi connectivity index (χ3v) is 2.58. The fraction of sp³-hybridized carbons (Fsp3) is 0.375. The first kappa shape index (κ1) is 16.7. The van der Waals surface area contributed by atoms with Crippen LogP contribution in [0.2, 0.25) is 0 Å². The number of hydrogen-bond donors (Lipinski definition) is 3. The number of rotatable bonds is 4. The second-order valence-corrected chi connectivity index (χ2v) is 5.79. The van der Waals surface area contributed by atoms with E-state index in [1.165, 1.54) is 0 Å². The van der Waals surface area contributed by atoms with Crippen molar-refractivity contribution in [2.24, 2.45) is 5.73 Å². The van der Waals surface area contributed by atoms with Crippen molar-refractivity contribution >= 4 is 17.5 Å². The zero-order valence-electron chi connectivity index (χ0n) is 12.6. The van der Waals surface area contributed by atoms with E-state index in [0.29, 0.717) is 11.3 Å². The highest BCUT2D eigenvalue weighted by Crippen LogP contribution is 2.11. The number of nitrogens with two attached hydrogens (primary N) is 1. The molecular formula is C16H21N3O2. The van der Waals surface area contributed by atoms with Crippen molar-refractivity contribution in [1.29, 1.82) is 0 Å². The highest BCUT2D eigenvalue weighted by atomic mass is 16.2. The second kappa shape index (κ2) is 6.91. The number of carbonyl (C=O) groups is 2. The molecule has 0 aromatic heterocycles. The molecule has 1 rings (SSSR count). The normalized spacial score (nSPS) is 12.1. The van der Waals surface area contributed by atoms with Crippen molar-refractivity contribution in [1.82, 2.24) is 5.32 Å². The maximum atomic E-state index is 11.9. The van der Waals surface area contributed by atoms with E-state index < -0.39 is 6.04 Å². The Morgan fingerprint density at radius 1 is 1.29 bits per heavy atom. The van der Waals surface area contributed by atoms with Gasteiger partial charge in [-0.25, -0.2) is 0 Å². The molecule has 21 heavy (non-hydrogen) atoms. The number of benzene rings is 1. The van der Waals surface area contributed by atoms with E-state index in [-0.39, 0.29) is 23.8 Å². The number of anilines is 1. The van der Waals surface area contributed by atoms with Gasteiger partial charge in [0.1, 0.15) is 0 Å². The second-order valence-electron chi connectivity index (χ2n) is 5.79. The van der Waals surface area contributed by atoms with E-state index in [2.05, 4.69) is 16.6 Å². The predicted molar refractivity (Wildman–Crippen MR) is 83.7 cm³/mol. The molecule has 4 N–H and O–H groups in total. The SMILES string of the molecule is C#CCC(N)C(=O)Nc1ccc(C(=O)NC(C)(C)C)cc1. The first-order chi connectivity index (χ1) is 9.73. The monoisotopic (exact) mass is 287 g/mol. The molecule has 1 aromatic rings. The first-order valence-corrected chi connectivity index (χ1v) is 6.65. The van der Waals surface area contributed by atoms with Crippen LogP contribution in [0.1, 0.15) is 37.6 Å². The lowest BCUT2D eigenvalue weighted by atomic mass is 10.1. The Bertz CT molecular complexity index is 550. The Labute approximate surface area is 125 Å². The van der Waals surface area contributed by atoms with Crippen molar-refractivity contribution in [3.8, 4) is 12.3 Å². The summed E-state index contributed by atoms with van der Waals surface area (Å²) in [5.41, 5.74) is 6.40. The summed E-state index contributed by atoms with van der Waals surface area (Å²) in [5.74, 6) is 1.83. The van der Waals surface area contributed by atoms with Crippen molar-refractivity contribution in [3.63, 3.8) is 0 Å². The van der Waals surface area contributed by atoms with Crippen LogP contribution in [0.5, 0.6) is 0 Å². The van der Waals surface area contributed by atoms with Gasteiger partial charge in [-0.3, -0.25) is 9.59 Å². The summed E-state index contributed by atoms with van der Waals surface area (Å²) in [4.78, 5) is 23.6. The van der Waals surface area contributed by atoms with Crippen LogP contribution in [-0.4, -0.2) is 23.4 Å². The van der Waals surface area contributed by atoms with Crippen molar-refractivity contribution in [3.05, 3.63) is 29.8 Å². The summed E-state index contributed by atoms with van der Waals surface area (Å²) in [5, 5.41) is 5.51. The molecule has 112 valence electrons. The molecule has 0 aliphatic carbocycles. The summed E-state index contributed by atoms with van der Waals surface area (Å²) < 4.78 is 0. The summed E-state index contributed by atoms with van der Waals surface area (Å²) in [6.45, 7) is 5.73. The van der Waals surface area contributed by atoms with E-state index in [9.17, 15) is 9.59 Å². The van der Waals surface area contributed by atoms with Gasteiger partial charge >= 0.3 is 0 Å². The van der Waals surface area contributed by atoms with Crippen molar-refractivity contribution in [2.75, 3.05) is 5.32 Å². The zero-order valence-corrected chi connectivity index (χ0v) is 12.6. The van der Waals surface area contributed by atoms with Crippen molar-refractivity contribution < 1.29 is 9.59 Å². The van der Waals surface area contributed by atoms with Crippen molar-refractivity contribution in [2.45, 2.75) is 38.8 Å². The summed E-state index contributed by atoms with van der Waals surface area (Å²) in [6, 6.07) is 5.85. The minimum atomic E-state index is -0.737. The third-order valence-electron chi connectivity index (χ3n) is 2.58. The molecule has 5 nitrogen and oxygen atoms in total. The maximum absolute atomic E-state index is 11.9. The van der Waals surface area contributed by atoms with Crippen LogP contribution in [0.25, 0.3) is 0 Å². The molecule has 0 heterocycles. The minimum Gasteiger partial charge on any atom is -0.347 e. The summed E-state index contributed by atoms with van der Waals surface area (Å²) in [7, 11) is 0. The topological polar surface area (TPSA) is 84.2 Å². The van der Waals surface area contributed by atoms with E-state index in [1.807, 2.05) is 20.8 Å². The highest BCUT2D eigenvalue weighted by Gasteiger charge is 2.16. The lowest BCUT2D eigenvalue weighted by molar-refractivity contribution is -0.117. The van der Waals surface area contributed by atoms with Crippen LogP contribution in [0.15, 0.2) is 24.3 Å². The molecule has 0 aliphatic heterocycles. The Hall–Kier alpha value is -2.32. The molecule has 1 aromatic carbocycles. The standard InChI is InChI=1S/C16H21N3O2/c1-5-6-13(17)15(21)18-12-9-7-11(8-10-12)14(20)19-16(2,3)4/h1,7-10,13H,6,17H2,2-4H3,(H,18,21)(H,19,20). The summed E-state index contributed by atoms with van der Waals surface area (Å²) in [6.07, 6.45) is 5.29. The average Bonchev–Trinajstić information content (AvgIpc) is 2.37. The van der Waals surface area contributed by atoms with Gasteiger partial charge in [-0.05, 0) is 45.0 Å². The highest BCUT2D eigenvalue weighted by molar-refractivity contribution is 5.97. The smallest absolute Gasteiger partial charge is 0.251 e. The molecule has 5 heteroatoms. The van der Waals surface area contributed by atoms with Crippen LogP contribution >= 0.6 is 0 Å². The fourth-order valence-electron chi connectivity index (χ4n) is 1.57. The molecule has 0 saturated heterocycles. The van der Waals surface area contributed by atoms with Gasteiger partial charge in [0, 0.05) is 23.2 Å². The van der Waals surface area contributed by atoms with Gasteiger partial charge in [0.15, 0.2) is 0 Å². The third kappa shape index (κ3) is 5.67. The quantitative estimate of drug-likeness (QED) is 0.734.